The normalized spacial score (nSPS) is 15.0. The van der Waals surface area contributed by atoms with Gasteiger partial charge in [0, 0.05) is 11.6 Å². The van der Waals surface area contributed by atoms with Gasteiger partial charge in [-0.05, 0) is 42.9 Å². The minimum absolute atomic E-state index is 0.229. The molecule has 0 aromatic heterocycles. The number of urea groups is 1. The van der Waals surface area contributed by atoms with E-state index >= 15 is 0 Å². The average Bonchev–Trinajstić information content (AvgIpc) is 3.20. The van der Waals surface area contributed by atoms with Crippen LogP contribution in [0.2, 0.25) is 10.0 Å². The molecule has 4 N–H and O–H groups in total. The maximum atomic E-state index is 13.2. The Balaban J connectivity index is 2.10. The van der Waals surface area contributed by atoms with E-state index in [1.54, 1.807) is 31.5 Å². The van der Waals surface area contributed by atoms with E-state index in [0.717, 1.165) is 25.7 Å². The van der Waals surface area contributed by atoms with Crippen LogP contribution >= 0.6 is 23.2 Å². The highest BCUT2D eigenvalue weighted by Gasteiger charge is 2.32. The summed E-state index contributed by atoms with van der Waals surface area (Å²) in [5.41, 5.74) is 1.93. The molecule has 30 heavy (non-hydrogen) atoms. The maximum Gasteiger partial charge on any atom is 0.319 e. The summed E-state index contributed by atoms with van der Waals surface area (Å²) < 4.78 is 0. The first-order valence-corrected chi connectivity index (χ1v) is 10.7. The predicted octanol–water partition coefficient (Wildman–Crippen LogP) is 3.66. The van der Waals surface area contributed by atoms with Gasteiger partial charge < -0.3 is 15.5 Å². The van der Waals surface area contributed by atoms with Crippen molar-refractivity contribution in [2.75, 3.05) is 18.4 Å². The monoisotopic (exact) mass is 458 g/mol. The zero-order chi connectivity index (χ0) is 22.3. The van der Waals surface area contributed by atoms with Crippen LogP contribution in [0.4, 0.5) is 10.5 Å². The van der Waals surface area contributed by atoms with Crippen molar-refractivity contribution in [3.8, 4) is 0 Å². The Labute approximate surface area is 186 Å². The van der Waals surface area contributed by atoms with E-state index in [0.29, 0.717) is 23.2 Å². The number of hydrogen-bond acceptors (Lipinski definition) is 4. The fourth-order valence-electron chi connectivity index (χ4n) is 3.55. The molecular formula is C20H28Cl2N4O4. The third-order valence-corrected chi connectivity index (χ3v) is 5.67. The third kappa shape index (κ3) is 7.04. The highest BCUT2D eigenvalue weighted by atomic mass is 35.5. The second-order valence-electron chi connectivity index (χ2n) is 7.85. The average molecular weight is 459 g/mol. The molecule has 166 valence electrons. The molecule has 2 rings (SSSR count). The Morgan fingerprint density at radius 1 is 1.20 bits per heavy atom. The van der Waals surface area contributed by atoms with Gasteiger partial charge in [0.25, 0.3) is 5.91 Å². The molecule has 8 nitrogen and oxygen atoms in total. The molecule has 1 saturated carbocycles. The molecule has 0 aliphatic heterocycles. The summed E-state index contributed by atoms with van der Waals surface area (Å²) in [7, 11) is 0. The Hall–Kier alpha value is -2.03. The topological polar surface area (TPSA) is 111 Å². The Morgan fingerprint density at radius 2 is 1.87 bits per heavy atom. The molecule has 1 aliphatic rings. The molecule has 1 fully saturated rings. The van der Waals surface area contributed by atoms with E-state index in [1.165, 1.54) is 11.0 Å². The predicted molar refractivity (Wildman–Crippen MR) is 116 cm³/mol. The highest BCUT2D eigenvalue weighted by molar-refractivity contribution is 6.36. The van der Waals surface area contributed by atoms with Crippen molar-refractivity contribution < 1.29 is 19.6 Å². The number of hydroxylamine groups is 1. The minimum Gasteiger partial charge on any atom is -0.331 e. The van der Waals surface area contributed by atoms with Crippen LogP contribution in [0.1, 0.15) is 39.5 Å². The van der Waals surface area contributed by atoms with Gasteiger partial charge in [-0.1, -0.05) is 49.9 Å². The summed E-state index contributed by atoms with van der Waals surface area (Å²) in [4.78, 5) is 38.9. The summed E-state index contributed by atoms with van der Waals surface area (Å²) in [6.45, 7) is 3.74. The number of carbonyl (C=O) groups is 3. The summed E-state index contributed by atoms with van der Waals surface area (Å²) in [6, 6.07) is 3.20. The number of nitrogens with zero attached hydrogens (tertiary/aromatic N) is 1. The number of benzene rings is 1. The van der Waals surface area contributed by atoms with E-state index in [9.17, 15) is 14.4 Å². The van der Waals surface area contributed by atoms with E-state index in [4.69, 9.17) is 28.4 Å². The largest absolute Gasteiger partial charge is 0.331 e. The molecule has 4 amide bonds. The van der Waals surface area contributed by atoms with Crippen LogP contribution in [0.5, 0.6) is 0 Å². The fourth-order valence-corrected chi connectivity index (χ4v) is 4.00. The van der Waals surface area contributed by atoms with Crippen LogP contribution in [-0.4, -0.2) is 47.1 Å². The quantitative estimate of drug-likeness (QED) is 0.351. The SMILES string of the molecule is CC(C)[C@H](NC(=O)Nc1ccc(Cl)cc1Cl)C(=O)N(CC(=O)NO)CC1CCCC1. The van der Waals surface area contributed by atoms with Gasteiger partial charge in [0.15, 0.2) is 0 Å². The van der Waals surface area contributed by atoms with Crippen LogP contribution in [0.3, 0.4) is 0 Å². The zero-order valence-electron chi connectivity index (χ0n) is 17.1. The van der Waals surface area contributed by atoms with Gasteiger partial charge in [0.05, 0.1) is 10.7 Å². The van der Waals surface area contributed by atoms with Crippen molar-refractivity contribution in [3.63, 3.8) is 0 Å². The molecule has 1 aliphatic carbocycles. The lowest BCUT2D eigenvalue weighted by Crippen LogP contribution is -2.54. The lowest BCUT2D eigenvalue weighted by atomic mass is 10.0. The highest BCUT2D eigenvalue weighted by Crippen LogP contribution is 2.27. The van der Waals surface area contributed by atoms with Crippen molar-refractivity contribution in [3.05, 3.63) is 28.2 Å². The molecule has 0 bridgehead atoms. The van der Waals surface area contributed by atoms with E-state index in [1.807, 2.05) is 0 Å². The third-order valence-electron chi connectivity index (χ3n) is 5.12. The van der Waals surface area contributed by atoms with Crippen LogP contribution in [0.25, 0.3) is 0 Å². The lowest BCUT2D eigenvalue weighted by Gasteiger charge is -2.31. The molecule has 1 aromatic rings. The van der Waals surface area contributed by atoms with Crippen molar-refractivity contribution in [2.45, 2.75) is 45.6 Å². The van der Waals surface area contributed by atoms with Crippen LogP contribution < -0.4 is 16.1 Å². The Kier molecular flexibility index (Phi) is 9.20. The first-order valence-electron chi connectivity index (χ1n) is 9.95. The first kappa shape index (κ1) is 24.2. The Morgan fingerprint density at radius 3 is 2.43 bits per heavy atom. The van der Waals surface area contributed by atoms with Gasteiger partial charge in [-0.15, -0.1) is 0 Å². The van der Waals surface area contributed by atoms with Crippen molar-refractivity contribution >= 4 is 46.7 Å². The molecule has 0 saturated heterocycles. The van der Waals surface area contributed by atoms with Gasteiger partial charge in [-0.2, -0.15) is 0 Å². The zero-order valence-corrected chi connectivity index (χ0v) is 18.6. The van der Waals surface area contributed by atoms with E-state index in [2.05, 4.69) is 10.6 Å². The van der Waals surface area contributed by atoms with Gasteiger partial charge in [-0.3, -0.25) is 14.8 Å². The molecule has 1 atom stereocenters. The van der Waals surface area contributed by atoms with E-state index < -0.39 is 18.0 Å². The van der Waals surface area contributed by atoms with E-state index in [-0.39, 0.29) is 23.4 Å². The van der Waals surface area contributed by atoms with Crippen LogP contribution in [-0.2, 0) is 9.59 Å². The van der Waals surface area contributed by atoms with Crippen LogP contribution in [0, 0.1) is 11.8 Å². The van der Waals surface area contributed by atoms with Gasteiger partial charge in [-0.25, -0.2) is 10.3 Å². The van der Waals surface area contributed by atoms with Crippen molar-refractivity contribution in [1.29, 1.82) is 0 Å². The number of carbonyl (C=O) groups excluding carboxylic acids is 3. The number of hydrogen-bond donors (Lipinski definition) is 4. The molecule has 0 spiro atoms. The molecule has 10 heteroatoms. The number of halogens is 2. The summed E-state index contributed by atoms with van der Waals surface area (Å²) in [6.07, 6.45) is 4.16. The number of anilines is 1. The summed E-state index contributed by atoms with van der Waals surface area (Å²) in [5.74, 6) is -0.985. The number of nitrogens with one attached hydrogen (secondary N) is 3. The summed E-state index contributed by atoms with van der Waals surface area (Å²) in [5, 5.41) is 14.9. The standard InChI is InChI=1S/C20H28Cl2N4O4/c1-12(2)18(24-20(29)23-16-8-7-14(21)9-15(16)22)19(28)26(11-17(27)25-30)10-13-5-3-4-6-13/h7-9,12-13,18,30H,3-6,10-11H2,1-2H3,(H,25,27)(H2,23,24,29)/t18-/m0/s1. The van der Waals surface area contributed by atoms with Crippen molar-refractivity contribution in [1.82, 2.24) is 15.7 Å². The van der Waals surface area contributed by atoms with Crippen molar-refractivity contribution in [2.24, 2.45) is 11.8 Å². The molecule has 0 heterocycles. The molecular weight excluding hydrogens is 431 g/mol. The van der Waals surface area contributed by atoms with Gasteiger partial charge in [0.1, 0.15) is 12.6 Å². The first-order chi connectivity index (χ1) is 14.2. The molecule has 1 aromatic carbocycles. The summed E-state index contributed by atoms with van der Waals surface area (Å²) >= 11 is 11.9. The second-order valence-corrected chi connectivity index (χ2v) is 8.69. The Bertz CT molecular complexity index is 769. The van der Waals surface area contributed by atoms with Crippen LogP contribution in [0.15, 0.2) is 18.2 Å². The number of rotatable bonds is 8. The lowest BCUT2D eigenvalue weighted by molar-refractivity contribution is -0.141. The number of amides is 4. The maximum absolute atomic E-state index is 13.2. The minimum atomic E-state index is -0.857. The smallest absolute Gasteiger partial charge is 0.319 e. The molecule has 0 radical (unpaired) electrons. The second kappa shape index (κ2) is 11.4. The fraction of sp³-hybridized carbons (Fsp3) is 0.550. The van der Waals surface area contributed by atoms with Gasteiger partial charge >= 0.3 is 6.03 Å². The molecule has 0 unspecified atom stereocenters. The van der Waals surface area contributed by atoms with Gasteiger partial charge in [0.2, 0.25) is 5.91 Å².